The van der Waals surface area contributed by atoms with E-state index in [1.54, 1.807) is 12.3 Å². The molecule has 3 N–H and O–H groups in total. The van der Waals surface area contributed by atoms with Gasteiger partial charge in [-0.2, -0.15) is 0 Å². The number of benzene rings is 1. The molecule has 2 amide bonds. The van der Waals surface area contributed by atoms with E-state index in [-0.39, 0.29) is 23.8 Å². The van der Waals surface area contributed by atoms with Crippen LogP contribution in [0.4, 0.5) is 0 Å². The van der Waals surface area contributed by atoms with E-state index in [0.717, 1.165) is 16.7 Å². The molecule has 2 atom stereocenters. The molecule has 2 heterocycles. The highest BCUT2D eigenvalue weighted by Crippen LogP contribution is 2.32. The zero-order valence-corrected chi connectivity index (χ0v) is 19.1. The Labute approximate surface area is 193 Å². The number of hydrogen-bond donors (Lipinski definition) is 3. The van der Waals surface area contributed by atoms with E-state index in [9.17, 15) is 9.59 Å². The van der Waals surface area contributed by atoms with Gasteiger partial charge < -0.3 is 15.4 Å². The van der Waals surface area contributed by atoms with Crippen molar-refractivity contribution in [1.82, 2.24) is 20.9 Å². The maximum atomic E-state index is 12.5. The van der Waals surface area contributed by atoms with E-state index in [4.69, 9.17) is 16.3 Å². The highest BCUT2D eigenvalue weighted by Gasteiger charge is 2.30. The Balaban J connectivity index is 1.48. The number of carbonyl (C=O) groups excluding carboxylic acids is 2. The van der Waals surface area contributed by atoms with Crippen molar-refractivity contribution in [2.24, 2.45) is 11.8 Å². The Bertz CT molecular complexity index is 993. The van der Waals surface area contributed by atoms with Gasteiger partial charge in [-0.3, -0.25) is 14.9 Å². The maximum absolute atomic E-state index is 12.5. The lowest BCUT2D eigenvalue weighted by molar-refractivity contribution is -0.125. The van der Waals surface area contributed by atoms with E-state index < -0.39 is 6.17 Å². The van der Waals surface area contributed by atoms with Crippen LogP contribution in [0.3, 0.4) is 0 Å². The summed E-state index contributed by atoms with van der Waals surface area (Å²) in [6, 6.07) is 9.19. The van der Waals surface area contributed by atoms with Crippen molar-refractivity contribution in [3.05, 3.63) is 58.2 Å². The van der Waals surface area contributed by atoms with Gasteiger partial charge in [-0.1, -0.05) is 31.5 Å². The number of rotatable bonds is 8. The fourth-order valence-corrected chi connectivity index (χ4v) is 3.84. The first-order valence-corrected chi connectivity index (χ1v) is 11.5. The Kier molecular flexibility index (Phi) is 6.96. The van der Waals surface area contributed by atoms with E-state index in [2.05, 4.69) is 20.9 Å². The van der Waals surface area contributed by atoms with Crippen LogP contribution in [0.5, 0.6) is 5.88 Å². The quantitative estimate of drug-likeness (QED) is 0.564. The standard InChI is InChI=1S/C24H29ClN4O3/c1-14(2)24(31)27-12-16-5-6-19(25)18(9-16)23-28-20(11-21(30)29-23)17-7-8-26-22(10-17)32-13-15-3-4-15/h5-10,14-15,20,23,28H,3-4,11-13H2,1-2H3,(H,27,31)(H,29,30). The first kappa shape index (κ1) is 22.6. The SMILES string of the molecule is CC(C)C(=O)NCc1ccc(Cl)c(C2NC(=O)CC(c3ccnc(OCC4CC4)c3)N2)c1. The molecule has 1 aromatic carbocycles. The lowest BCUT2D eigenvalue weighted by Gasteiger charge is -2.33. The molecule has 32 heavy (non-hydrogen) atoms. The number of pyridine rings is 1. The van der Waals surface area contributed by atoms with Gasteiger partial charge in [0.2, 0.25) is 17.7 Å². The monoisotopic (exact) mass is 456 g/mol. The summed E-state index contributed by atoms with van der Waals surface area (Å²) in [5.74, 6) is 1.07. The number of aromatic nitrogens is 1. The number of amides is 2. The van der Waals surface area contributed by atoms with Crippen LogP contribution in [0.1, 0.15) is 62.0 Å². The minimum atomic E-state index is -0.446. The Morgan fingerprint density at radius 2 is 2.09 bits per heavy atom. The van der Waals surface area contributed by atoms with Gasteiger partial charge in [-0.25, -0.2) is 4.98 Å². The molecule has 4 rings (SSSR count). The second kappa shape index (κ2) is 9.88. The molecule has 7 nitrogen and oxygen atoms in total. The minimum absolute atomic E-state index is 0.0111. The maximum Gasteiger partial charge on any atom is 0.223 e. The second-order valence-corrected chi connectivity index (χ2v) is 9.24. The van der Waals surface area contributed by atoms with Crippen molar-refractivity contribution in [2.75, 3.05) is 6.61 Å². The topological polar surface area (TPSA) is 92.4 Å². The van der Waals surface area contributed by atoms with Crippen LogP contribution in [0.15, 0.2) is 36.5 Å². The summed E-state index contributed by atoms with van der Waals surface area (Å²) in [6.45, 7) is 4.79. The molecule has 2 fully saturated rings. The molecule has 1 aromatic heterocycles. The predicted octanol–water partition coefficient (Wildman–Crippen LogP) is 3.65. The van der Waals surface area contributed by atoms with Gasteiger partial charge in [0.1, 0.15) is 6.17 Å². The molecule has 1 saturated carbocycles. The largest absolute Gasteiger partial charge is 0.477 e. The lowest BCUT2D eigenvalue weighted by atomic mass is 9.99. The van der Waals surface area contributed by atoms with Crippen LogP contribution < -0.4 is 20.7 Å². The van der Waals surface area contributed by atoms with Gasteiger partial charge in [0.15, 0.2) is 0 Å². The molecule has 2 unspecified atom stereocenters. The van der Waals surface area contributed by atoms with Gasteiger partial charge in [-0.15, -0.1) is 0 Å². The van der Waals surface area contributed by atoms with Crippen LogP contribution >= 0.6 is 11.6 Å². The van der Waals surface area contributed by atoms with Gasteiger partial charge in [-0.05, 0) is 48.1 Å². The fraction of sp³-hybridized carbons (Fsp3) is 0.458. The fourth-order valence-electron chi connectivity index (χ4n) is 3.61. The molecule has 2 aromatic rings. The smallest absolute Gasteiger partial charge is 0.223 e. The van der Waals surface area contributed by atoms with E-state index >= 15 is 0 Å². The number of hydrogen-bond acceptors (Lipinski definition) is 5. The predicted molar refractivity (Wildman–Crippen MR) is 122 cm³/mol. The van der Waals surface area contributed by atoms with Crippen molar-refractivity contribution < 1.29 is 14.3 Å². The molecule has 1 saturated heterocycles. The van der Waals surface area contributed by atoms with Gasteiger partial charge in [0, 0.05) is 47.8 Å². The molecule has 0 radical (unpaired) electrons. The van der Waals surface area contributed by atoms with Crippen LogP contribution in [0, 0.1) is 11.8 Å². The van der Waals surface area contributed by atoms with Crippen molar-refractivity contribution in [3.8, 4) is 5.88 Å². The molecular formula is C24H29ClN4O3. The number of ether oxygens (including phenoxy) is 1. The van der Waals surface area contributed by atoms with Crippen molar-refractivity contribution in [2.45, 2.75) is 51.9 Å². The van der Waals surface area contributed by atoms with Crippen LogP contribution in [0.25, 0.3) is 0 Å². The van der Waals surface area contributed by atoms with Crippen molar-refractivity contribution in [3.63, 3.8) is 0 Å². The van der Waals surface area contributed by atoms with E-state index in [1.807, 2.05) is 38.1 Å². The molecule has 170 valence electrons. The Morgan fingerprint density at radius 1 is 1.28 bits per heavy atom. The summed E-state index contributed by atoms with van der Waals surface area (Å²) in [7, 11) is 0. The lowest BCUT2D eigenvalue weighted by Crippen LogP contribution is -2.46. The number of halogens is 1. The normalized spacial score (nSPS) is 20.7. The molecule has 8 heteroatoms. The van der Waals surface area contributed by atoms with Crippen LogP contribution in [0.2, 0.25) is 5.02 Å². The van der Waals surface area contributed by atoms with Crippen molar-refractivity contribution >= 4 is 23.4 Å². The van der Waals surface area contributed by atoms with Gasteiger partial charge in [0.05, 0.1) is 6.61 Å². The van der Waals surface area contributed by atoms with E-state index in [1.165, 1.54) is 12.8 Å². The average Bonchev–Trinajstić information content (AvgIpc) is 3.61. The molecule has 0 spiro atoms. The third-order valence-corrected chi connectivity index (χ3v) is 6.09. The molecular weight excluding hydrogens is 428 g/mol. The molecule has 1 aliphatic carbocycles. The highest BCUT2D eigenvalue weighted by molar-refractivity contribution is 6.31. The average molecular weight is 457 g/mol. The first-order valence-electron chi connectivity index (χ1n) is 11.1. The highest BCUT2D eigenvalue weighted by atomic mass is 35.5. The Hall–Kier alpha value is -2.64. The summed E-state index contributed by atoms with van der Waals surface area (Å²) < 4.78 is 5.80. The summed E-state index contributed by atoms with van der Waals surface area (Å²) in [5.41, 5.74) is 2.62. The molecule has 2 aliphatic rings. The second-order valence-electron chi connectivity index (χ2n) is 8.83. The van der Waals surface area contributed by atoms with Gasteiger partial charge >= 0.3 is 0 Å². The van der Waals surface area contributed by atoms with Gasteiger partial charge in [0.25, 0.3) is 0 Å². The van der Waals surface area contributed by atoms with Crippen LogP contribution in [-0.4, -0.2) is 23.4 Å². The van der Waals surface area contributed by atoms with Crippen molar-refractivity contribution in [1.29, 1.82) is 0 Å². The summed E-state index contributed by atoms with van der Waals surface area (Å²) in [4.78, 5) is 28.7. The summed E-state index contributed by atoms with van der Waals surface area (Å²) in [5, 5.41) is 9.92. The molecule has 0 bridgehead atoms. The van der Waals surface area contributed by atoms with E-state index in [0.29, 0.717) is 36.4 Å². The first-order chi connectivity index (χ1) is 15.4. The number of nitrogens with zero attached hydrogens (tertiary/aromatic N) is 1. The minimum Gasteiger partial charge on any atom is -0.477 e. The number of carbonyl (C=O) groups is 2. The zero-order chi connectivity index (χ0) is 22.7. The summed E-state index contributed by atoms with van der Waals surface area (Å²) in [6.07, 6.45) is 4.01. The molecule has 1 aliphatic heterocycles. The number of nitrogens with one attached hydrogen (secondary N) is 3. The van der Waals surface area contributed by atoms with Crippen LogP contribution in [-0.2, 0) is 16.1 Å². The third-order valence-electron chi connectivity index (χ3n) is 5.75. The summed E-state index contributed by atoms with van der Waals surface area (Å²) >= 11 is 6.48. The zero-order valence-electron chi connectivity index (χ0n) is 18.4. The third kappa shape index (κ3) is 5.78. The Morgan fingerprint density at radius 3 is 2.84 bits per heavy atom.